The largest absolute Gasteiger partial charge is 0.357 e. The number of rotatable bonds is 8. The van der Waals surface area contributed by atoms with Gasteiger partial charge in [-0.3, -0.25) is 19.2 Å². The average molecular weight is 485 g/mol. The lowest BCUT2D eigenvalue weighted by Crippen LogP contribution is -2.54. The topological polar surface area (TPSA) is 98.8 Å². The van der Waals surface area contributed by atoms with E-state index in [2.05, 4.69) is 17.2 Å². The average Bonchev–Trinajstić information content (AvgIpc) is 3.24. The minimum Gasteiger partial charge on any atom is -0.357 e. The number of alkyl halides is 2. The van der Waals surface area contributed by atoms with Gasteiger partial charge in [-0.1, -0.05) is 26.8 Å². The molecule has 2 aliphatic heterocycles. The van der Waals surface area contributed by atoms with E-state index in [0.29, 0.717) is 19.4 Å². The minimum absolute atomic E-state index is 0.194. The summed E-state index contributed by atoms with van der Waals surface area (Å²) < 4.78 is 27.6. The Labute approximate surface area is 200 Å². The van der Waals surface area contributed by atoms with Gasteiger partial charge in [-0.05, 0) is 31.1 Å². The van der Waals surface area contributed by atoms with E-state index in [1.165, 1.54) is 18.0 Å². The number of likely N-dealkylation sites (tertiary alicyclic amines) is 2. The van der Waals surface area contributed by atoms with E-state index in [4.69, 9.17) is 0 Å². The minimum atomic E-state index is -2.92. The maximum Gasteiger partial charge on any atom is 0.265 e. The molecule has 4 amide bonds. The number of halogens is 2. The third-order valence-corrected chi connectivity index (χ3v) is 6.59. The second-order valence-electron chi connectivity index (χ2n) is 10.3. The fraction of sp³-hybridized carbons (Fsp3) is 0.750. The van der Waals surface area contributed by atoms with Gasteiger partial charge in [0.05, 0.1) is 12.5 Å². The van der Waals surface area contributed by atoms with Crippen LogP contribution in [0.3, 0.4) is 0 Å². The van der Waals surface area contributed by atoms with Gasteiger partial charge in [-0.15, -0.1) is 6.58 Å². The molecule has 0 saturated carbocycles. The van der Waals surface area contributed by atoms with Crippen molar-refractivity contribution < 1.29 is 28.0 Å². The van der Waals surface area contributed by atoms with E-state index in [0.717, 1.165) is 4.90 Å². The zero-order valence-electron chi connectivity index (χ0n) is 20.7. The molecule has 8 nitrogen and oxygen atoms in total. The van der Waals surface area contributed by atoms with Gasteiger partial charge in [0.2, 0.25) is 23.6 Å². The van der Waals surface area contributed by atoms with Crippen molar-refractivity contribution >= 4 is 23.6 Å². The molecule has 10 heteroatoms. The Morgan fingerprint density at radius 2 is 1.85 bits per heavy atom. The summed E-state index contributed by atoms with van der Waals surface area (Å²) in [6.45, 7) is 9.06. The second kappa shape index (κ2) is 11.3. The highest BCUT2D eigenvalue weighted by Crippen LogP contribution is 2.35. The second-order valence-corrected chi connectivity index (χ2v) is 10.3. The lowest BCUT2D eigenvalue weighted by molar-refractivity contribution is -0.151. The van der Waals surface area contributed by atoms with Gasteiger partial charge >= 0.3 is 0 Å². The SMILES string of the molecule is C=CC[C@@H](NC(=O)[C@@H]1CCCN1C(=O)[C@@H](CC(=O)N1CCCC(F)(F)C1)C(C)(C)C)C(=O)NC. The first kappa shape index (κ1) is 27.7. The molecular formula is C24H38F2N4O4. The van der Waals surface area contributed by atoms with Gasteiger partial charge in [-0.25, -0.2) is 8.78 Å². The fourth-order valence-electron chi connectivity index (χ4n) is 4.59. The van der Waals surface area contributed by atoms with Crippen LogP contribution < -0.4 is 10.6 Å². The van der Waals surface area contributed by atoms with E-state index in [-0.39, 0.29) is 44.0 Å². The van der Waals surface area contributed by atoms with E-state index >= 15 is 0 Å². The summed E-state index contributed by atoms with van der Waals surface area (Å²) in [6, 6.07) is -1.56. The van der Waals surface area contributed by atoms with Crippen LogP contribution in [0.5, 0.6) is 0 Å². The lowest BCUT2D eigenvalue weighted by atomic mass is 9.77. The van der Waals surface area contributed by atoms with Crippen molar-refractivity contribution in [3.05, 3.63) is 12.7 Å². The molecule has 3 atom stereocenters. The quantitative estimate of drug-likeness (QED) is 0.516. The van der Waals surface area contributed by atoms with Crippen molar-refractivity contribution in [2.75, 3.05) is 26.7 Å². The molecule has 2 rings (SSSR count). The smallest absolute Gasteiger partial charge is 0.265 e. The summed E-state index contributed by atoms with van der Waals surface area (Å²) in [7, 11) is 1.47. The summed E-state index contributed by atoms with van der Waals surface area (Å²) >= 11 is 0. The van der Waals surface area contributed by atoms with Crippen LogP contribution in [0.25, 0.3) is 0 Å². The number of nitrogens with one attached hydrogen (secondary N) is 2. The predicted molar refractivity (Wildman–Crippen MR) is 124 cm³/mol. The summed E-state index contributed by atoms with van der Waals surface area (Å²) in [4.78, 5) is 54.2. The van der Waals surface area contributed by atoms with Crippen LogP contribution in [0, 0.1) is 11.3 Å². The van der Waals surface area contributed by atoms with Crippen LogP contribution in [-0.2, 0) is 19.2 Å². The summed E-state index contributed by atoms with van der Waals surface area (Å²) in [6.07, 6.45) is 2.61. The molecule has 0 aromatic rings. The normalized spacial score (nSPS) is 22.0. The molecule has 2 aliphatic rings. The molecule has 34 heavy (non-hydrogen) atoms. The Morgan fingerprint density at radius 3 is 2.41 bits per heavy atom. The molecule has 0 radical (unpaired) electrons. The van der Waals surface area contributed by atoms with Crippen molar-refractivity contribution in [3.63, 3.8) is 0 Å². The highest BCUT2D eigenvalue weighted by molar-refractivity contribution is 5.94. The molecule has 2 saturated heterocycles. The third-order valence-electron chi connectivity index (χ3n) is 6.59. The van der Waals surface area contributed by atoms with Crippen molar-refractivity contribution in [1.29, 1.82) is 0 Å². The summed E-state index contributed by atoms with van der Waals surface area (Å²) in [5.74, 6) is -5.30. The standard InChI is InChI=1S/C24H38F2N4O4/c1-6-9-17(20(32)27-5)28-21(33)18-10-7-13-30(18)22(34)16(23(2,3)4)14-19(31)29-12-8-11-24(25,26)15-29/h6,16-18H,1,7-15H2,2-5H3,(H,27,32)(H,28,33)/t16-,17-,18+/m1/s1. The molecule has 2 fully saturated rings. The molecule has 0 bridgehead atoms. The predicted octanol–water partition coefficient (Wildman–Crippen LogP) is 2.09. The van der Waals surface area contributed by atoms with E-state index in [1.807, 2.05) is 20.8 Å². The number of hydrogen-bond acceptors (Lipinski definition) is 4. The number of piperidine rings is 1. The van der Waals surface area contributed by atoms with Gasteiger partial charge in [0.25, 0.3) is 5.92 Å². The Balaban J connectivity index is 2.16. The third kappa shape index (κ3) is 6.99. The van der Waals surface area contributed by atoms with Crippen LogP contribution in [0.2, 0.25) is 0 Å². The van der Waals surface area contributed by atoms with E-state index < -0.39 is 47.7 Å². The Hall–Kier alpha value is -2.52. The first-order valence-corrected chi connectivity index (χ1v) is 11.9. The van der Waals surface area contributed by atoms with Crippen molar-refractivity contribution in [1.82, 2.24) is 20.4 Å². The zero-order valence-corrected chi connectivity index (χ0v) is 20.7. The lowest BCUT2D eigenvalue weighted by Gasteiger charge is -2.37. The number of likely N-dealkylation sites (N-methyl/N-ethyl adjacent to an activating group) is 1. The van der Waals surface area contributed by atoms with Crippen LogP contribution in [0.1, 0.15) is 59.3 Å². The Kier molecular flexibility index (Phi) is 9.19. The molecule has 0 aliphatic carbocycles. The van der Waals surface area contributed by atoms with Gasteiger partial charge in [0, 0.05) is 33.0 Å². The van der Waals surface area contributed by atoms with Crippen molar-refractivity contribution in [2.24, 2.45) is 11.3 Å². The Bertz CT molecular complexity index is 796. The molecular weight excluding hydrogens is 446 g/mol. The number of nitrogens with zero attached hydrogens (tertiary/aromatic N) is 2. The first-order chi connectivity index (χ1) is 15.8. The fourth-order valence-corrected chi connectivity index (χ4v) is 4.59. The van der Waals surface area contributed by atoms with Crippen LogP contribution in [0.15, 0.2) is 12.7 Å². The molecule has 0 unspecified atom stereocenters. The number of hydrogen-bond donors (Lipinski definition) is 2. The Morgan fingerprint density at radius 1 is 1.18 bits per heavy atom. The molecule has 2 heterocycles. The maximum absolute atomic E-state index is 13.8. The first-order valence-electron chi connectivity index (χ1n) is 11.9. The zero-order chi connectivity index (χ0) is 25.7. The van der Waals surface area contributed by atoms with E-state index in [9.17, 15) is 28.0 Å². The molecule has 0 spiro atoms. The van der Waals surface area contributed by atoms with Gasteiger partial charge in [-0.2, -0.15) is 0 Å². The summed E-state index contributed by atoms with van der Waals surface area (Å²) in [5.41, 5.74) is -0.623. The monoisotopic (exact) mass is 484 g/mol. The van der Waals surface area contributed by atoms with Crippen LogP contribution >= 0.6 is 0 Å². The van der Waals surface area contributed by atoms with Crippen LogP contribution in [-0.4, -0.2) is 78.1 Å². The van der Waals surface area contributed by atoms with Crippen LogP contribution in [0.4, 0.5) is 8.78 Å². The molecule has 2 N–H and O–H groups in total. The molecule has 0 aromatic carbocycles. The number of carbonyl (C=O) groups excluding carboxylic acids is 4. The number of amides is 4. The van der Waals surface area contributed by atoms with Gasteiger partial charge in [0.1, 0.15) is 12.1 Å². The maximum atomic E-state index is 13.8. The van der Waals surface area contributed by atoms with Crippen molar-refractivity contribution in [2.45, 2.75) is 77.3 Å². The van der Waals surface area contributed by atoms with Crippen molar-refractivity contribution in [3.8, 4) is 0 Å². The van der Waals surface area contributed by atoms with Gasteiger partial charge < -0.3 is 20.4 Å². The van der Waals surface area contributed by atoms with Gasteiger partial charge in [0.15, 0.2) is 0 Å². The van der Waals surface area contributed by atoms with E-state index in [1.54, 1.807) is 0 Å². The highest BCUT2D eigenvalue weighted by Gasteiger charge is 2.44. The molecule has 0 aromatic heterocycles. The molecule has 192 valence electrons. The highest BCUT2D eigenvalue weighted by atomic mass is 19.3. The number of carbonyl (C=O) groups is 4. The summed E-state index contributed by atoms with van der Waals surface area (Å²) in [5, 5.41) is 5.20.